The summed E-state index contributed by atoms with van der Waals surface area (Å²) in [5.41, 5.74) is 3.50. The normalized spacial score (nSPS) is 11.2. The summed E-state index contributed by atoms with van der Waals surface area (Å²) in [7, 11) is 0. The number of hydrogen-bond donors (Lipinski definition) is 1. The van der Waals surface area contributed by atoms with E-state index >= 15 is 0 Å². The molecule has 18 heavy (non-hydrogen) atoms. The van der Waals surface area contributed by atoms with Gasteiger partial charge in [0.1, 0.15) is 0 Å². The summed E-state index contributed by atoms with van der Waals surface area (Å²) in [6, 6.07) is 6.88. The van der Waals surface area contributed by atoms with Crippen LogP contribution in [-0.2, 0) is 6.54 Å². The van der Waals surface area contributed by atoms with Crippen molar-refractivity contribution < 1.29 is 0 Å². The topological polar surface area (TPSA) is 29.9 Å². The quantitative estimate of drug-likeness (QED) is 0.917. The molecule has 0 unspecified atom stereocenters. The molecule has 0 amide bonds. The van der Waals surface area contributed by atoms with Gasteiger partial charge in [-0.3, -0.25) is 0 Å². The fourth-order valence-corrected chi connectivity index (χ4v) is 1.90. The molecule has 0 saturated carbocycles. The van der Waals surface area contributed by atoms with Crippen LogP contribution in [0.4, 0.5) is 0 Å². The van der Waals surface area contributed by atoms with Crippen LogP contribution in [0.5, 0.6) is 0 Å². The maximum absolute atomic E-state index is 5.91. The van der Waals surface area contributed by atoms with Gasteiger partial charge in [-0.15, -0.1) is 0 Å². The lowest BCUT2D eigenvalue weighted by atomic mass is 10.1. The Labute approximate surface area is 113 Å². The lowest BCUT2D eigenvalue weighted by molar-refractivity contribution is 0.588. The number of aromatic nitrogens is 2. The van der Waals surface area contributed by atoms with E-state index in [0.29, 0.717) is 11.1 Å². The van der Waals surface area contributed by atoms with E-state index in [4.69, 9.17) is 11.6 Å². The first-order chi connectivity index (χ1) is 8.56. The average molecular weight is 264 g/mol. The third kappa shape index (κ3) is 3.12. The summed E-state index contributed by atoms with van der Waals surface area (Å²) < 4.78 is 1.82. The molecular weight excluding hydrogens is 246 g/mol. The van der Waals surface area contributed by atoms with Crippen LogP contribution in [0.25, 0.3) is 5.69 Å². The summed E-state index contributed by atoms with van der Waals surface area (Å²) in [5, 5.41) is 8.31. The zero-order valence-corrected chi connectivity index (χ0v) is 11.7. The molecule has 2 rings (SSSR count). The number of hydrogen-bond acceptors (Lipinski definition) is 2. The first-order valence-corrected chi connectivity index (χ1v) is 6.47. The van der Waals surface area contributed by atoms with Crippen molar-refractivity contribution in [1.82, 2.24) is 15.1 Å². The van der Waals surface area contributed by atoms with Crippen LogP contribution in [-0.4, -0.2) is 15.8 Å². The average Bonchev–Trinajstić information content (AvgIpc) is 2.74. The number of nitrogens with zero attached hydrogens (tertiary/aromatic N) is 2. The molecular formula is C14H18ClN3. The van der Waals surface area contributed by atoms with Crippen molar-refractivity contribution in [3.05, 3.63) is 46.7 Å². The summed E-state index contributed by atoms with van der Waals surface area (Å²) in [6.45, 7) is 7.22. The van der Waals surface area contributed by atoms with E-state index in [1.54, 1.807) is 6.20 Å². The van der Waals surface area contributed by atoms with Gasteiger partial charge in [0.2, 0.25) is 0 Å². The van der Waals surface area contributed by atoms with Crippen molar-refractivity contribution >= 4 is 11.6 Å². The van der Waals surface area contributed by atoms with E-state index < -0.39 is 0 Å². The lowest BCUT2D eigenvalue weighted by Crippen LogP contribution is -2.21. The number of halogens is 1. The van der Waals surface area contributed by atoms with Gasteiger partial charge in [0.15, 0.2) is 0 Å². The van der Waals surface area contributed by atoms with Crippen LogP contribution in [0.15, 0.2) is 30.6 Å². The second-order valence-electron chi connectivity index (χ2n) is 4.76. The highest BCUT2D eigenvalue weighted by Gasteiger charge is 2.05. The van der Waals surface area contributed by atoms with Crippen molar-refractivity contribution in [3.8, 4) is 5.69 Å². The molecule has 0 bridgehead atoms. The van der Waals surface area contributed by atoms with E-state index in [1.807, 2.05) is 10.9 Å². The van der Waals surface area contributed by atoms with Gasteiger partial charge in [0.25, 0.3) is 0 Å². The SMILES string of the molecule is Cc1ccc(CNC(C)C)cc1-n1cc(Cl)cn1. The van der Waals surface area contributed by atoms with Crippen LogP contribution in [0, 0.1) is 6.92 Å². The zero-order chi connectivity index (χ0) is 13.1. The summed E-state index contributed by atoms with van der Waals surface area (Å²) in [6.07, 6.45) is 3.48. The molecule has 0 atom stereocenters. The van der Waals surface area contributed by atoms with Gasteiger partial charge in [-0.2, -0.15) is 5.10 Å². The molecule has 0 radical (unpaired) electrons. The van der Waals surface area contributed by atoms with Gasteiger partial charge in [-0.1, -0.05) is 37.6 Å². The second kappa shape index (κ2) is 5.55. The van der Waals surface area contributed by atoms with E-state index in [9.17, 15) is 0 Å². The lowest BCUT2D eigenvalue weighted by Gasteiger charge is -2.11. The van der Waals surface area contributed by atoms with Gasteiger partial charge >= 0.3 is 0 Å². The van der Waals surface area contributed by atoms with Crippen molar-refractivity contribution in [3.63, 3.8) is 0 Å². The minimum atomic E-state index is 0.480. The standard InChI is InChI=1S/C14H18ClN3/c1-10(2)16-7-12-5-4-11(3)14(6-12)18-9-13(15)8-17-18/h4-6,8-10,16H,7H2,1-3H3. The van der Waals surface area contributed by atoms with E-state index in [2.05, 4.69) is 49.4 Å². The van der Waals surface area contributed by atoms with Gasteiger partial charge in [0.05, 0.1) is 16.9 Å². The maximum Gasteiger partial charge on any atom is 0.0790 e. The number of aryl methyl sites for hydroxylation is 1. The van der Waals surface area contributed by atoms with Crippen molar-refractivity contribution in [2.45, 2.75) is 33.4 Å². The predicted octanol–water partition coefficient (Wildman–Crippen LogP) is 3.33. The second-order valence-corrected chi connectivity index (χ2v) is 5.20. The molecule has 96 valence electrons. The molecule has 0 aliphatic heterocycles. The summed E-state index contributed by atoms with van der Waals surface area (Å²) in [5.74, 6) is 0. The van der Waals surface area contributed by atoms with Crippen LogP contribution in [0.3, 0.4) is 0 Å². The molecule has 1 aromatic carbocycles. The Balaban J connectivity index is 2.27. The summed E-state index contributed by atoms with van der Waals surface area (Å²) >= 11 is 5.91. The first kappa shape index (κ1) is 13.1. The third-order valence-electron chi connectivity index (χ3n) is 2.79. The van der Waals surface area contributed by atoms with E-state index in [-0.39, 0.29) is 0 Å². The number of rotatable bonds is 4. The predicted molar refractivity (Wildman–Crippen MR) is 75.3 cm³/mol. The van der Waals surface area contributed by atoms with Crippen molar-refractivity contribution in [2.75, 3.05) is 0 Å². The number of nitrogens with one attached hydrogen (secondary N) is 1. The van der Waals surface area contributed by atoms with Gasteiger partial charge < -0.3 is 5.32 Å². The fourth-order valence-electron chi connectivity index (χ4n) is 1.77. The highest BCUT2D eigenvalue weighted by molar-refractivity contribution is 6.30. The Kier molecular flexibility index (Phi) is 4.04. The molecule has 0 saturated heterocycles. The van der Waals surface area contributed by atoms with Crippen molar-refractivity contribution in [2.24, 2.45) is 0 Å². The van der Waals surface area contributed by atoms with Gasteiger partial charge in [0, 0.05) is 18.8 Å². The summed E-state index contributed by atoms with van der Waals surface area (Å²) in [4.78, 5) is 0. The van der Waals surface area contributed by atoms with Crippen LogP contribution in [0.2, 0.25) is 5.02 Å². The van der Waals surface area contributed by atoms with Gasteiger partial charge in [-0.25, -0.2) is 4.68 Å². The van der Waals surface area contributed by atoms with Crippen LogP contribution >= 0.6 is 11.6 Å². The molecule has 0 spiro atoms. The first-order valence-electron chi connectivity index (χ1n) is 6.09. The minimum absolute atomic E-state index is 0.480. The molecule has 4 heteroatoms. The molecule has 1 heterocycles. The van der Waals surface area contributed by atoms with Crippen LogP contribution < -0.4 is 5.32 Å². The molecule has 0 aliphatic rings. The molecule has 1 aromatic heterocycles. The third-order valence-corrected chi connectivity index (χ3v) is 2.98. The fraction of sp³-hybridized carbons (Fsp3) is 0.357. The Bertz CT molecular complexity index is 532. The van der Waals surface area contributed by atoms with Crippen LogP contribution in [0.1, 0.15) is 25.0 Å². The Morgan fingerprint density at radius 2 is 2.17 bits per heavy atom. The highest BCUT2D eigenvalue weighted by Crippen LogP contribution is 2.17. The monoisotopic (exact) mass is 263 g/mol. The minimum Gasteiger partial charge on any atom is -0.310 e. The van der Waals surface area contributed by atoms with Gasteiger partial charge in [-0.05, 0) is 24.1 Å². The molecule has 0 aliphatic carbocycles. The highest BCUT2D eigenvalue weighted by atomic mass is 35.5. The smallest absolute Gasteiger partial charge is 0.0790 e. The van der Waals surface area contributed by atoms with Crippen molar-refractivity contribution in [1.29, 1.82) is 0 Å². The molecule has 0 fully saturated rings. The van der Waals surface area contributed by atoms with E-state index in [0.717, 1.165) is 12.2 Å². The molecule has 3 nitrogen and oxygen atoms in total. The Morgan fingerprint density at radius 3 is 2.78 bits per heavy atom. The van der Waals surface area contributed by atoms with E-state index in [1.165, 1.54) is 11.1 Å². The molecule has 1 N–H and O–H groups in total. The zero-order valence-electron chi connectivity index (χ0n) is 10.9. The molecule has 2 aromatic rings. The number of benzene rings is 1. The Morgan fingerprint density at radius 1 is 1.39 bits per heavy atom. The Hall–Kier alpha value is -1.32. The maximum atomic E-state index is 5.91. The largest absolute Gasteiger partial charge is 0.310 e.